The molecule has 1 heterocycles. The van der Waals surface area contributed by atoms with Crippen LogP contribution in [-0.2, 0) is 19.0 Å². The molecule has 0 radical (unpaired) electrons. The van der Waals surface area contributed by atoms with E-state index in [0.29, 0.717) is 6.61 Å². The van der Waals surface area contributed by atoms with Gasteiger partial charge < -0.3 is 9.47 Å². The van der Waals surface area contributed by atoms with Crippen molar-refractivity contribution in [1.82, 2.24) is 9.78 Å². The number of aromatic nitrogens is 2. The summed E-state index contributed by atoms with van der Waals surface area (Å²) in [7, 11) is 3.55. The minimum absolute atomic E-state index is 0.432. The topological polar surface area (TPSA) is 36.3 Å². The van der Waals surface area contributed by atoms with Crippen molar-refractivity contribution >= 4 is 31.9 Å². The molecule has 0 unspecified atom stereocenters. The Hall–Kier alpha value is -1.01. The van der Waals surface area contributed by atoms with Crippen molar-refractivity contribution < 1.29 is 9.47 Å². The molecule has 0 saturated carbocycles. The van der Waals surface area contributed by atoms with Crippen molar-refractivity contribution in [2.45, 2.75) is 18.9 Å². The molecule has 0 bridgehead atoms. The predicted octanol–water partition coefficient (Wildman–Crippen LogP) is 3.97. The lowest BCUT2D eigenvalue weighted by Gasteiger charge is -2.12. The van der Waals surface area contributed by atoms with Gasteiger partial charge in [-0.15, -0.1) is 0 Å². The molecule has 0 aliphatic rings. The van der Waals surface area contributed by atoms with Crippen LogP contribution >= 0.6 is 31.9 Å². The zero-order valence-electron chi connectivity index (χ0n) is 11.6. The molecular weight excluding hydrogens is 388 g/mol. The van der Waals surface area contributed by atoms with Crippen molar-refractivity contribution in [3.05, 3.63) is 39.6 Å². The van der Waals surface area contributed by atoms with Crippen LogP contribution in [0.15, 0.2) is 22.7 Å². The van der Waals surface area contributed by atoms with Gasteiger partial charge in [0.2, 0.25) is 0 Å². The van der Waals surface area contributed by atoms with Gasteiger partial charge in [0.25, 0.3) is 0 Å². The molecule has 0 saturated heterocycles. The molecule has 0 aliphatic carbocycles. The third-order valence-electron chi connectivity index (χ3n) is 3.01. The molecule has 2 rings (SSSR count). The summed E-state index contributed by atoms with van der Waals surface area (Å²) in [5.41, 5.74) is 3.09. The Kier molecular flexibility index (Phi) is 5.10. The first kappa shape index (κ1) is 15.4. The van der Waals surface area contributed by atoms with Crippen molar-refractivity contribution in [2.75, 3.05) is 7.11 Å². The molecule has 108 valence electrons. The molecule has 1 aromatic heterocycles. The lowest BCUT2D eigenvalue weighted by atomic mass is 10.2. The Balaban J connectivity index is 2.18. The van der Waals surface area contributed by atoms with E-state index < -0.39 is 0 Å². The summed E-state index contributed by atoms with van der Waals surface area (Å²) < 4.78 is 14.0. The fourth-order valence-corrected chi connectivity index (χ4v) is 2.70. The minimum atomic E-state index is 0.432. The number of hydrogen-bond donors (Lipinski definition) is 0. The van der Waals surface area contributed by atoms with Crippen LogP contribution in [0.1, 0.15) is 17.0 Å². The van der Waals surface area contributed by atoms with Gasteiger partial charge in [0.05, 0.1) is 23.0 Å². The van der Waals surface area contributed by atoms with Gasteiger partial charge >= 0.3 is 0 Å². The van der Waals surface area contributed by atoms with Crippen LogP contribution in [0, 0.1) is 6.92 Å². The van der Waals surface area contributed by atoms with Gasteiger partial charge in [-0.25, -0.2) is 0 Å². The lowest BCUT2D eigenvalue weighted by molar-refractivity contribution is 0.275. The first-order valence-corrected chi connectivity index (χ1v) is 8.02. The quantitative estimate of drug-likeness (QED) is 0.708. The molecule has 0 fully saturated rings. The van der Waals surface area contributed by atoms with Crippen LogP contribution in [-0.4, -0.2) is 16.9 Å². The number of aryl methyl sites for hydroxylation is 2. The maximum Gasteiger partial charge on any atom is 0.161 e. The summed E-state index contributed by atoms with van der Waals surface area (Å²) in [5, 5.41) is 5.13. The van der Waals surface area contributed by atoms with E-state index in [4.69, 9.17) is 9.47 Å². The Morgan fingerprint density at radius 1 is 1.30 bits per heavy atom. The highest BCUT2D eigenvalue weighted by Crippen LogP contribution is 2.30. The number of methoxy groups -OCH3 is 1. The van der Waals surface area contributed by atoms with Gasteiger partial charge in [-0.05, 0) is 40.5 Å². The average Bonchev–Trinajstić information content (AvgIpc) is 2.70. The molecule has 1 aromatic carbocycles. The predicted molar refractivity (Wildman–Crippen MR) is 85.6 cm³/mol. The lowest BCUT2D eigenvalue weighted by Crippen LogP contribution is -2.04. The Bertz CT molecular complexity index is 611. The summed E-state index contributed by atoms with van der Waals surface area (Å²) in [6.45, 7) is 2.39. The van der Waals surface area contributed by atoms with Crippen molar-refractivity contribution in [2.24, 2.45) is 7.05 Å². The molecule has 0 spiro atoms. The van der Waals surface area contributed by atoms with E-state index in [1.165, 1.54) is 0 Å². The SMILES string of the molecule is COc1cc(CBr)ccc1OCc1c(Br)c(C)nn1C. The summed E-state index contributed by atoms with van der Waals surface area (Å²) in [6.07, 6.45) is 0. The van der Waals surface area contributed by atoms with E-state index in [1.807, 2.05) is 36.9 Å². The molecule has 0 N–H and O–H groups in total. The zero-order valence-corrected chi connectivity index (χ0v) is 14.8. The Labute approximate surface area is 135 Å². The minimum Gasteiger partial charge on any atom is -0.493 e. The van der Waals surface area contributed by atoms with Gasteiger partial charge in [0, 0.05) is 12.4 Å². The van der Waals surface area contributed by atoms with E-state index in [-0.39, 0.29) is 0 Å². The molecule has 0 atom stereocenters. The van der Waals surface area contributed by atoms with E-state index >= 15 is 0 Å². The van der Waals surface area contributed by atoms with E-state index in [1.54, 1.807) is 7.11 Å². The molecule has 6 heteroatoms. The number of halogens is 2. The Morgan fingerprint density at radius 2 is 2.05 bits per heavy atom. The molecule has 0 amide bonds. The molecule has 20 heavy (non-hydrogen) atoms. The number of benzene rings is 1. The monoisotopic (exact) mass is 402 g/mol. The number of hydrogen-bond acceptors (Lipinski definition) is 3. The van der Waals surface area contributed by atoms with Gasteiger partial charge in [0.1, 0.15) is 6.61 Å². The average molecular weight is 404 g/mol. The second-order valence-corrected chi connectivity index (χ2v) is 5.73. The smallest absolute Gasteiger partial charge is 0.161 e. The van der Waals surface area contributed by atoms with Crippen LogP contribution in [0.4, 0.5) is 0 Å². The summed E-state index contributed by atoms with van der Waals surface area (Å²) in [6, 6.07) is 5.90. The van der Waals surface area contributed by atoms with Crippen molar-refractivity contribution in [1.29, 1.82) is 0 Å². The highest BCUT2D eigenvalue weighted by molar-refractivity contribution is 9.10. The van der Waals surface area contributed by atoms with Crippen LogP contribution in [0.3, 0.4) is 0 Å². The normalized spacial score (nSPS) is 10.7. The van der Waals surface area contributed by atoms with E-state index in [0.717, 1.165) is 38.3 Å². The summed E-state index contributed by atoms with van der Waals surface area (Å²) in [4.78, 5) is 0. The maximum atomic E-state index is 5.86. The van der Waals surface area contributed by atoms with Crippen LogP contribution in [0.25, 0.3) is 0 Å². The standard InChI is InChI=1S/C14H16Br2N2O2/c1-9-14(16)11(18(2)17-9)8-20-12-5-4-10(7-15)6-13(12)19-3/h4-6H,7-8H2,1-3H3. The molecule has 4 nitrogen and oxygen atoms in total. The van der Waals surface area contributed by atoms with Gasteiger partial charge in [-0.2, -0.15) is 5.10 Å². The second kappa shape index (κ2) is 6.63. The van der Waals surface area contributed by atoms with E-state index in [2.05, 4.69) is 37.0 Å². The number of ether oxygens (including phenoxy) is 2. The third-order valence-corrected chi connectivity index (χ3v) is 4.69. The fraction of sp³-hybridized carbons (Fsp3) is 0.357. The highest BCUT2D eigenvalue weighted by atomic mass is 79.9. The molecular formula is C14H16Br2N2O2. The van der Waals surface area contributed by atoms with Gasteiger partial charge in [0.15, 0.2) is 11.5 Å². The number of nitrogens with zero attached hydrogens (tertiary/aromatic N) is 2. The zero-order chi connectivity index (χ0) is 14.7. The first-order valence-electron chi connectivity index (χ1n) is 6.10. The van der Waals surface area contributed by atoms with Crippen LogP contribution < -0.4 is 9.47 Å². The summed E-state index contributed by atoms with van der Waals surface area (Å²) in [5.74, 6) is 1.46. The largest absolute Gasteiger partial charge is 0.493 e. The second-order valence-electron chi connectivity index (χ2n) is 4.38. The maximum absolute atomic E-state index is 5.86. The number of alkyl halides is 1. The molecule has 2 aromatic rings. The van der Waals surface area contributed by atoms with Crippen molar-refractivity contribution in [3.63, 3.8) is 0 Å². The van der Waals surface area contributed by atoms with Crippen molar-refractivity contribution in [3.8, 4) is 11.5 Å². The first-order chi connectivity index (χ1) is 9.56. The van der Waals surface area contributed by atoms with Crippen LogP contribution in [0.5, 0.6) is 11.5 Å². The molecule has 0 aliphatic heterocycles. The summed E-state index contributed by atoms with van der Waals surface area (Å²) >= 11 is 6.96. The van der Waals surface area contributed by atoms with Gasteiger partial charge in [-0.3, -0.25) is 4.68 Å². The highest BCUT2D eigenvalue weighted by Gasteiger charge is 2.12. The van der Waals surface area contributed by atoms with Gasteiger partial charge in [-0.1, -0.05) is 22.0 Å². The number of rotatable bonds is 5. The van der Waals surface area contributed by atoms with Crippen LogP contribution in [0.2, 0.25) is 0 Å². The third kappa shape index (κ3) is 3.17. The van der Waals surface area contributed by atoms with E-state index in [9.17, 15) is 0 Å². The Morgan fingerprint density at radius 3 is 2.60 bits per heavy atom. The fourth-order valence-electron chi connectivity index (χ4n) is 1.90.